The van der Waals surface area contributed by atoms with Gasteiger partial charge in [0.2, 0.25) is 0 Å². The zero-order valence-corrected chi connectivity index (χ0v) is 16.1. The highest BCUT2D eigenvalue weighted by molar-refractivity contribution is 5.45. The number of anilines is 1. The molecule has 0 saturated carbocycles. The summed E-state index contributed by atoms with van der Waals surface area (Å²) in [6.45, 7) is 11.8. The molecule has 0 aliphatic carbocycles. The third-order valence-corrected chi connectivity index (χ3v) is 5.69. The Morgan fingerprint density at radius 1 is 1.08 bits per heavy atom. The summed E-state index contributed by atoms with van der Waals surface area (Å²) in [5, 5.41) is 12.9. The maximum absolute atomic E-state index is 5.84. The summed E-state index contributed by atoms with van der Waals surface area (Å²) in [6, 6.07) is 4.08. The molecule has 2 fully saturated rings. The molecule has 2 aliphatic heterocycles. The molecule has 4 rings (SSSR count). The highest BCUT2D eigenvalue weighted by atomic mass is 16.5. The van der Waals surface area contributed by atoms with Gasteiger partial charge in [-0.2, -0.15) is 4.52 Å². The van der Waals surface area contributed by atoms with Crippen molar-refractivity contribution < 1.29 is 4.74 Å². The number of hydrogen-bond acceptors (Lipinski definition) is 6. The van der Waals surface area contributed by atoms with E-state index in [1.54, 1.807) is 0 Å². The van der Waals surface area contributed by atoms with Crippen molar-refractivity contribution in [1.29, 1.82) is 0 Å². The minimum absolute atomic E-state index is 0.364. The zero-order chi connectivity index (χ0) is 18.1. The molecule has 2 atom stereocenters. The Hall–Kier alpha value is -1.73. The first-order chi connectivity index (χ1) is 12.6. The molecule has 0 aromatic carbocycles. The Labute approximate surface area is 155 Å². The van der Waals surface area contributed by atoms with Crippen LogP contribution in [-0.2, 0) is 4.74 Å². The average Bonchev–Trinajstić information content (AvgIpc) is 3.00. The molecule has 142 valence electrons. The van der Waals surface area contributed by atoms with Gasteiger partial charge in [0.15, 0.2) is 11.5 Å². The molecule has 7 heteroatoms. The summed E-state index contributed by atoms with van der Waals surface area (Å²) >= 11 is 0. The Kier molecular flexibility index (Phi) is 5.09. The lowest BCUT2D eigenvalue weighted by Gasteiger charge is -2.37. The quantitative estimate of drug-likeness (QED) is 0.835. The Morgan fingerprint density at radius 3 is 2.54 bits per heavy atom. The molecule has 0 N–H and O–H groups in total. The van der Waals surface area contributed by atoms with Gasteiger partial charge >= 0.3 is 0 Å². The van der Waals surface area contributed by atoms with Gasteiger partial charge in [0.25, 0.3) is 0 Å². The van der Waals surface area contributed by atoms with Crippen LogP contribution in [0.3, 0.4) is 0 Å². The molecule has 26 heavy (non-hydrogen) atoms. The number of aryl methyl sites for hydroxylation is 1. The van der Waals surface area contributed by atoms with E-state index in [4.69, 9.17) is 9.84 Å². The van der Waals surface area contributed by atoms with Gasteiger partial charge in [-0.1, -0.05) is 0 Å². The first kappa shape index (κ1) is 17.7. The zero-order valence-electron chi connectivity index (χ0n) is 16.1. The number of nitrogens with zero attached hydrogens (tertiary/aromatic N) is 6. The van der Waals surface area contributed by atoms with Gasteiger partial charge in [-0.25, -0.2) is 0 Å². The SMILES string of the molecule is Cc1nnc2ccc(N3CCC(CCN4CC(C)OC(C)C4)CC3)nn12. The largest absolute Gasteiger partial charge is 0.373 e. The molecule has 0 radical (unpaired) electrons. The van der Waals surface area contributed by atoms with Crippen molar-refractivity contribution in [2.45, 2.75) is 52.2 Å². The third-order valence-electron chi connectivity index (χ3n) is 5.69. The van der Waals surface area contributed by atoms with Gasteiger partial charge in [0.05, 0.1) is 12.2 Å². The van der Waals surface area contributed by atoms with Crippen LogP contribution in [0.4, 0.5) is 5.82 Å². The molecule has 2 unspecified atom stereocenters. The van der Waals surface area contributed by atoms with E-state index in [2.05, 4.69) is 39.9 Å². The Morgan fingerprint density at radius 2 is 1.81 bits per heavy atom. The molecule has 2 aromatic rings. The van der Waals surface area contributed by atoms with E-state index in [-0.39, 0.29) is 0 Å². The van der Waals surface area contributed by atoms with Crippen LogP contribution in [0.2, 0.25) is 0 Å². The van der Waals surface area contributed by atoms with Crippen LogP contribution in [-0.4, -0.2) is 69.6 Å². The first-order valence-corrected chi connectivity index (χ1v) is 9.90. The second kappa shape index (κ2) is 7.48. The minimum atomic E-state index is 0.364. The Balaban J connectivity index is 1.29. The van der Waals surface area contributed by atoms with E-state index in [1.165, 1.54) is 25.8 Å². The fourth-order valence-corrected chi connectivity index (χ4v) is 4.34. The molecule has 0 spiro atoms. The fourth-order valence-electron chi connectivity index (χ4n) is 4.34. The van der Waals surface area contributed by atoms with Gasteiger partial charge in [0.1, 0.15) is 5.82 Å². The summed E-state index contributed by atoms with van der Waals surface area (Å²) in [5.41, 5.74) is 0.815. The van der Waals surface area contributed by atoms with Crippen molar-refractivity contribution in [2.75, 3.05) is 37.6 Å². The maximum Gasteiger partial charge on any atom is 0.178 e. The number of piperidine rings is 1. The van der Waals surface area contributed by atoms with Crippen molar-refractivity contribution in [3.8, 4) is 0 Å². The molecule has 0 amide bonds. The number of hydrogen-bond donors (Lipinski definition) is 0. The third kappa shape index (κ3) is 3.83. The smallest absolute Gasteiger partial charge is 0.178 e. The van der Waals surface area contributed by atoms with Crippen molar-refractivity contribution in [2.24, 2.45) is 5.92 Å². The number of aromatic nitrogens is 4. The highest BCUT2D eigenvalue weighted by Gasteiger charge is 2.25. The molecule has 7 nitrogen and oxygen atoms in total. The number of morpholine rings is 1. The molecule has 4 heterocycles. The van der Waals surface area contributed by atoms with E-state index in [1.807, 2.05) is 17.5 Å². The monoisotopic (exact) mass is 358 g/mol. The van der Waals surface area contributed by atoms with Crippen molar-refractivity contribution in [3.05, 3.63) is 18.0 Å². The van der Waals surface area contributed by atoms with Gasteiger partial charge < -0.3 is 9.64 Å². The van der Waals surface area contributed by atoms with Gasteiger partial charge in [-0.15, -0.1) is 15.3 Å². The van der Waals surface area contributed by atoms with Crippen LogP contribution in [0.5, 0.6) is 0 Å². The van der Waals surface area contributed by atoms with E-state index in [0.29, 0.717) is 12.2 Å². The van der Waals surface area contributed by atoms with Crippen molar-refractivity contribution in [3.63, 3.8) is 0 Å². The molecule has 2 saturated heterocycles. The topological polar surface area (TPSA) is 58.8 Å². The highest BCUT2D eigenvalue weighted by Crippen LogP contribution is 2.25. The van der Waals surface area contributed by atoms with Crippen molar-refractivity contribution in [1.82, 2.24) is 24.7 Å². The predicted molar refractivity (Wildman–Crippen MR) is 102 cm³/mol. The van der Waals surface area contributed by atoms with Gasteiger partial charge in [-0.3, -0.25) is 4.90 Å². The standard InChI is InChI=1S/C19H30N6O/c1-14-12-23(13-15(2)26-14)9-6-17-7-10-24(11-8-17)19-5-4-18-21-20-16(3)25(18)22-19/h4-5,14-15,17H,6-13H2,1-3H3. The summed E-state index contributed by atoms with van der Waals surface area (Å²) in [4.78, 5) is 4.98. The first-order valence-electron chi connectivity index (χ1n) is 9.90. The number of ether oxygens (including phenoxy) is 1. The predicted octanol–water partition coefficient (Wildman–Crippen LogP) is 2.15. The lowest BCUT2D eigenvalue weighted by molar-refractivity contribution is -0.0690. The van der Waals surface area contributed by atoms with Crippen LogP contribution in [0.1, 0.15) is 38.9 Å². The van der Waals surface area contributed by atoms with Gasteiger partial charge in [-0.05, 0) is 64.6 Å². The minimum Gasteiger partial charge on any atom is -0.373 e. The molecule has 0 bridgehead atoms. The Bertz CT molecular complexity index is 729. The van der Waals surface area contributed by atoms with Crippen LogP contribution in [0.25, 0.3) is 5.65 Å². The summed E-state index contributed by atoms with van der Waals surface area (Å²) in [5.74, 6) is 2.69. The molecular weight excluding hydrogens is 328 g/mol. The van der Waals surface area contributed by atoms with E-state index >= 15 is 0 Å². The van der Waals surface area contributed by atoms with E-state index in [0.717, 1.165) is 49.4 Å². The van der Waals surface area contributed by atoms with Crippen LogP contribution >= 0.6 is 0 Å². The van der Waals surface area contributed by atoms with Crippen molar-refractivity contribution >= 4 is 11.5 Å². The van der Waals surface area contributed by atoms with Crippen LogP contribution in [0.15, 0.2) is 12.1 Å². The normalized spacial score (nSPS) is 25.9. The lowest BCUT2D eigenvalue weighted by atomic mass is 9.93. The maximum atomic E-state index is 5.84. The fraction of sp³-hybridized carbons (Fsp3) is 0.737. The summed E-state index contributed by atoms with van der Waals surface area (Å²) in [7, 11) is 0. The van der Waals surface area contributed by atoms with Crippen LogP contribution < -0.4 is 4.90 Å². The van der Waals surface area contributed by atoms with Crippen LogP contribution in [0, 0.1) is 12.8 Å². The summed E-state index contributed by atoms with van der Waals surface area (Å²) < 4.78 is 7.67. The lowest BCUT2D eigenvalue weighted by Crippen LogP contribution is -2.46. The number of rotatable bonds is 4. The van der Waals surface area contributed by atoms with E-state index in [9.17, 15) is 0 Å². The number of fused-ring (bicyclic) bond motifs is 1. The molecule has 2 aliphatic rings. The molecular formula is C19H30N6O. The second-order valence-corrected chi connectivity index (χ2v) is 7.94. The van der Waals surface area contributed by atoms with E-state index < -0.39 is 0 Å². The summed E-state index contributed by atoms with van der Waals surface area (Å²) in [6.07, 6.45) is 4.52. The van der Waals surface area contributed by atoms with Gasteiger partial charge in [0, 0.05) is 26.2 Å². The average molecular weight is 358 g/mol. The molecule has 2 aromatic heterocycles. The second-order valence-electron chi connectivity index (χ2n) is 7.94.